The van der Waals surface area contributed by atoms with Crippen LogP contribution < -0.4 is 4.74 Å². The van der Waals surface area contributed by atoms with Crippen LogP contribution >= 0.6 is 0 Å². The molecule has 1 heterocycles. The van der Waals surface area contributed by atoms with Gasteiger partial charge in [-0.25, -0.2) is 4.79 Å². The summed E-state index contributed by atoms with van der Waals surface area (Å²) < 4.78 is 5.48. The second-order valence-electron chi connectivity index (χ2n) is 4.08. The average Bonchev–Trinajstić information content (AvgIpc) is 2.98. The summed E-state index contributed by atoms with van der Waals surface area (Å²) in [6.45, 7) is 0.433. The number of carbonyl (C=O) groups is 1. The third kappa shape index (κ3) is 4.22. The second-order valence-corrected chi connectivity index (χ2v) is 4.08. The summed E-state index contributed by atoms with van der Waals surface area (Å²) in [5, 5.41) is 20.3. The number of aromatic nitrogens is 3. The van der Waals surface area contributed by atoms with Gasteiger partial charge in [0, 0.05) is 4.91 Å². The molecule has 0 radical (unpaired) electrons. The van der Waals surface area contributed by atoms with Crippen molar-refractivity contribution in [3.05, 3.63) is 52.7 Å². The number of azide groups is 1. The molecule has 9 nitrogen and oxygen atoms in total. The second kappa shape index (κ2) is 6.92. The molecule has 1 N–H and O–H groups in total. The zero-order valence-corrected chi connectivity index (χ0v) is 10.9. The van der Waals surface area contributed by atoms with Crippen LogP contribution in [-0.2, 0) is 6.54 Å². The van der Waals surface area contributed by atoms with Crippen LogP contribution in [0.5, 0.6) is 5.75 Å². The first kappa shape index (κ1) is 14.4. The van der Waals surface area contributed by atoms with Gasteiger partial charge < -0.3 is 9.84 Å². The van der Waals surface area contributed by atoms with Crippen molar-refractivity contribution >= 4 is 5.97 Å². The van der Waals surface area contributed by atoms with Gasteiger partial charge in [-0.3, -0.25) is 0 Å². The maximum atomic E-state index is 10.7. The van der Waals surface area contributed by atoms with Gasteiger partial charge in [-0.05, 0) is 29.8 Å². The molecule has 108 valence electrons. The van der Waals surface area contributed by atoms with Gasteiger partial charge in [0.1, 0.15) is 5.75 Å². The molecule has 2 aromatic rings. The minimum absolute atomic E-state index is 0.137. The molecule has 1 aromatic heterocycles. The van der Waals surface area contributed by atoms with Crippen LogP contribution in [0.3, 0.4) is 0 Å². The first-order valence-electron chi connectivity index (χ1n) is 6.03. The van der Waals surface area contributed by atoms with Crippen molar-refractivity contribution in [3.63, 3.8) is 0 Å². The van der Waals surface area contributed by atoms with Gasteiger partial charge >= 0.3 is 5.97 Å². The molecule has 1 aromatic carbocycles. The van der Waals surface area contributed by atoms with Gasteiger partial charge in [0.05, 0.1) is 37.2 Å². The maximum absolute atomic E-state index is 10.7. The Morgan fingerprint density at radius 2 is 2.05 bits per heavy atom. The number of nitrogens with zero attached hydrogens (tertiary/aromatic N) is 6. The van der Waals surface area contributed by atoms with E-state index < -0.39 is 12.0 Å². The summed E-state index contributed by atoms with van der Waals surface area (Å²) >= 11 is 0. The Bertz CT molecular complexity index is 634. The van der Waals surface area contributed by atoms with E-state index in [1.165, 1.54) is 29.3 Å². The van der Waals surface area contributed by atoms with Crippen LogP contribution in [0.1, 0.15) is 10.4 Å². The number of aromatic carboxylic acids is 1. The van der Waals surface area contributed by atoms with Crippen molar-refractivity contribution in [2.75, 3.05) is 6.61 Å². The van der Waals surface area contributed by atoms with Gasteiger partial charge in [0.25, 0.3) is 0 Å². The fourth-order valence-corrected chi connectivity index (χ4v) is 1.61. The number of rotatable bonds is 7. The normalized spacial score (nSPS) is 11.4. The molecular formula is C12H12N6O3. The number of benzene rings is 1. The molecule has 0 spiro atoms. The molecule has 0 amide bonds. The van der Waals surface area contributed by atoms with Gasteiger partial charge in [-0.15, -0.1) is 0 Å². The smallest absolute Gasteiger partial charge is 0.335 e. The minimum atomic E-state index is -1.00. The Morgan fingerprint density at radius 3 is 2.62 bits per heavy atom. The summed E-state index contributed by atoms with van der Waals surface area (Å²) in [4.78, 5) is 14.9. The third-order valence-corrected chi connectivity index (χ3v) is 2.60. The van der Waals surface area contributed by atoms with E-state index in [2.05, 4.69) is 20.2 Å². The molecule has 0 fully saturated rings. The lowest BCUT2D eigenvalue weighted by Gasteiger charge is -2.12. The van der Waals surface area contributed by atoms with E-state index in [0.717, 1.165) is 0 Å². The highest BCUT2D eigenvalue weighted by Gasteiger charge is 2.10. The van der Waals surface area contributed by atoms with Crippen LogP contribution in [0, 0.1) is 0 Å². The highest BCUT2D eigenvalue weighted by Crippen LogP contribution is 2.13. The summed E-state index contributed by atoms with van der Waals surface area (Å²) in [7, 11) is 0. The quantitative estimate of drug-likeness (QED) is 0.471. The summed E-state index contributed by atoms with van der Waals surface area (Å²) in [6.07, 6.45) is 3.05. The standard InChI is InChI=1S/C12H12N6O3/c13-17-16-10(7-18-14-5-6-15-18)8-21-11-3-1-9(2-4-11)12(19)20/h1-6,10H,7-8H2,(H,19,20). The molecule has 9 heteroatoms. The van der Waals surface area contributed by atoms with Crippen LogP contribution in [-0.4, -0.2) is 38.7 Å². The lowest BCUT2D eigenvalue weighted by atomic mass is 10.2. The minimum Gasteiger partial charge on any atom is -0.493 e. The number of hydrogen-bond acceptors (Lipinski definition) is 5. The predicted octanol–water partition coefficient (Wildman–Crippen LogP) is 1.73. The van der Waals surface area contributed by atoms with E-state index in [-0.39, 0.29) is 12.2 Å². The zero-order chi connectivity index (χ0) is 15.1. The summed E-state index contributed by atoms with van der Waals surface area (Å²) in [5.74, 6) is -0.509. The largest absolute Gasteiger partial charge is 0.493 e. The van der Waals surface area contributed by atoms with E-state index >= 15 is 0 Å². The number of carboxylic acid groups (broad SMARTS) is 1. The van der Waals surface area contributed by atoms with Crippen LogP contribution in [0.15, 0.2) is 41.8 Å². The van der Waals surface area contributed by atoms with Crippen molar-refractivity contribution in [2.45, 2.75) is 12.6 Å². The maximum Gasteiger partial charge on any atom is 0.335 e. The molecule has 2 rings (SSSR count). The number of carboxylic acids is 1. The highest BCUT2D eigenvalue weighted by atomic mass is 16.5. The fourth-order valence-electron chi connectivity index (χ4n) is 1.61. The van der Waals surface area contributed by atoms with E-state index in [1.807, 2.05) is 0 Å². The lowest BCUT2D eigenvalue weighted by molar-refractivity contribution is 0.0697. The first-order valence-corrected chi connectivity index (χ1v) is 6.03. The van der Waals surface area contributed by atoms with Crippen molar-refractivity contribution in [1.29, 1.82) is 0 Å². The Hall–Kier alpha value is -3.06. The molecule has 0 aliphatic carbocycles. The number of hydrogen-bond donors (Lipinski definition) is 1. The predicted molar refractivity (Wildman–Crippen MR) is 71.9 cm³/mol. The Morgan fingerprint density at radius 1 is 1.38 bits per heavy atom. The van der Waals surface area contributed by atoms with Gasteiger partial charge in [0.15, 0.2) is 0 Å². The molecule has 21 heavy (non-hydrogen) atoms. The molecule has 0 aliphatic rings. The van der Waals surface area contributed by atoms with E-state index in [0.29, 0.717) is 12.3 Å². The SMILES string of the molecule is [N-]=[N+]=NC(COc1ccc(C(=O)O)cc1)Cn1nccn1. The van der Waals surface area contributed by atoms with Crippen LogP contribution in [0.4, 0.5) is 0 Å². The van der Waals surface area contributed by atoms with Gasteiger partial charge in [-0.1, -0.05) is 5.11 Å². The van der Waals surface area contributed by atoms with Gasteiger partial charge in [-0.2, -0.15) is 15.0 Å². The van der Waals surface area contributed by atoms with Gasteiger partial charge in [0.2, 0.25) is 0 Å². The molecule has 0 saturated heterocycles. The van der Waals surface area contributed by atoms with Crippen LogP contribution in [0.2, 0.25) is 0 Å². The van der Waals surface area contributed by atoms with Crippen LogP contribution in [0.25, 0.3) is 10.4 Å². The first-order chi connectivity index (χ1) is 10.2. The topological polar surface area (TPSA) is 126 Å². The Balaban J connectivity index is 1.95. The molecule has 0 saturated carbocycles. The Kier molecular flexibility index (Phi) is 4.73. The van der Waals surface area contributed by atoms with Crippen molar-refractivity contribution in [3.8, 4) is 5.75 Å². The monoisotopic (exact) mass is 288 g/mol. The lowest BCUT2D eigenvalue weighted by Crippen LogP contribution is -2.23. The van der Waals surface area contributed by atoms with Crippen molar-refractivity contribution in [1.82, 2.24) is 15.0 Å². The molecule has 1 unspecified atom stereocenters. The number of ether oxygens (including phenoxy) is 1. The average molecular weight is 288 g/mol. The zero-order valence-electron chi connectivity index (χ0n) is 10.9. The molecule has 0 aliphatic heterocycles. The van der Waals surface area contributed by atoms with E-state index in [1.54, 1.807) is 12.1 Å². The fraction of sp³-hybridized carbons (Fsp3) is 0.250. The summed E-state index contributed by atoms with van der Waals surface area (Å²) in [5.41, 5.74) is 8.72. The summed E-state index contributed by atoms with van der Waals surface area (Å²) in [6, 6.07) is 5.50. The van der Waals surface area contributed by atoms with E-state index in [4.69, 9.17) is 15.4 Å². The molecule has 0 bridgehead atoms. The van der Waals surface area contributed by atoms with E-state index in [9.17, 15) is 4.79 Å². The molecule has 1 atom stereocenters. The Labute approximate surface area is 119 Å². The highest BCUT2D eigenvalue weighted by molar-refractivity contribution is 5.87. The third-order valence-electron chi connectivity index (χ3n) is 2.60. The van der Waals surface area contributed by atoms with Crippen molar-refractivity contribution in [2.24, 2.45) is 5.11 Å². The van der Waals surface area contributed by atoms with Crippen molar-refractivity contribution < 1.29 is 14.6 Å². The molecular weight excluding hydrogens is 276 g/mol.